The molecule has 1 aliphatic rings. The second kappa shape index (κ2) is 5.50. The normalized spacial score (nSPS) is 26.4. The van der Waals surface area contributed by atoms with E-state index in [4.69, 9.17) is 4.74 Å². The van der Waals surface area contributed by atoms with Crippen molar-refractivity contribution in [2.75, 3.05) is 6.54 Å². The molecule has 0 bridgehead atoms. The third-order valence-electron chi connectivity index (χ3n) is 3.29. The summed E-state index contributed by atoms with van der Waals surface area (Å²) in [6.07, 6.45) is 4.71. The van der Waals surface area contributed by atoms with Crippen LogP contribution in [0, 0.1) is 0 Å². The Balaban J connectivity index is 2.23. The highest BCUT2D eigenvalue weighted by atomic mass is 79.9. The van der Waals surface area contributed by atoms with Gasteiger partial charge < -0.3 is 10.1 Å². The quantitative estimate of drug-likeness (QED) is 0.928. The van der Waals surface area contributed by atoms with E-state index in [0.29, 0.717) is 6.10 Å². The lowest BCUT2D eigenvalue weighted by Gasteiger charge is -2.25. The van der Waals surface area contributed by atoms with Crippen molar-refractivity contribution in [1.29, 1.82) is 0 Å². The molecule has 3 atom stereocenters. The Bertz CT molecular complexity index is 360. The minimum Gasteiger partial charge on any atom is -0.373 e. The van der Waals surface area contributed by atoms with E-state index in [1.54, 1.807) is 0 Å². The van der Waals surface area contributed by atoms with Crippen molar-refractivity contribution in [3.63, 3.8) is 0 Å². The Kier molecular flexibility index (Phi) is 4.22. The third kappa shape index (κ3) is 2.72. The molecule has 2 rings (SSSR count). The van der Waals surface area contributed by atoms with Gasteiger partial charge in [-0.3, -0.25) is 4.68 Å². The lowest BCUT2D eigenvalue weighted by atomic mass is 10.0. The second-order valence-electron chi connectivity index (χ2n) is 4.60. The van der Waals surface area contributed by atoms with Crippen molar-refractivity contribution < 1.29 is 4.74 Å². The molecule has 2 heterocycles. The number of rotatable bonds is 4. The van der Waals surface area contributed by atoms with Crippen molar-refractivity contribution in [3.05, 3.63) is 16.4 Å². The zero-order chi connectivity index (χ0) is 12.4. The first kappa shape index (κ1) is 13.1. The first-order valence-electron chi connectivity index (χ1n) is 6.19. The fourth-order valence-corrected chi connectivity index (χ4v) is 3.07. The Hall–Kier alpha value is -0.390. The van der Waals surface area contributed by atoms with E-state index in [2.05, 4.69) is 40.2 Å². The van der Waals surface area contributed by atoms with E-state index >= 15 is 0 Å². The van der Waals surface area contributed by atoms with Gasteiger partial charge in [0.25, 0.3) is 0 Å². The topological polar surface area (TPSA) is 39.1 Å². The van der Waals surface area contributed by atoms with Crippen LogP contribution in [-0.2, 0) is 11.8 Å². The lowest BCUT2D eigenvalue weighted by Crippen LogP contribution is -2.33. The minimum atomic E-state index is 0.215. The molecule has 0 aromatic carbocycles. The summed E-state index contributed by atoms with van der Waals surface area (Å²) in [6, 6.07) is 0.215. The average molecular weight is 302 g/mol. The summed E-state index contributed by atoms with van der Waals surface area (Å²) in [7, 11) is 1.98. The lowest BCUT2D eigenvalue weighted by molar-refractivity contribution is 0.0300. The summed E-state index contributed by atoms with van der Waals surface area (Å²) >= 11 is 3.57. The summed E-state index contributed by atoms with van der Waals surface area (Å²) in [5, 5.41) is 7.80. The van der Waals surface area contributed by atoms with Crippen LogP contribution in [0.1, 0.15) is 38.4 Å². The maximum absolute atomic E-state index is 5.99. The van der Waals surface area contributed by atoms with Gasteiger partial charge >= 0.3 is 0 Å². The molecular weight excluding hydrogens is 282 g/mol. The standard InChI is InChI=1S/C12H20BrN3O/c1-4-14-11(10-6-5-8(2)17-10)12-9(13)7-15-16(12)3/h7-8,10-11,14H,4-6H2,1-3H3. The molecule has 0 radical (unpaired) electrons. The summed E-state index contributed by atoms with van der Waals surface area (Å²) in [4.78, 5) is 0. The van der Waals surface area contributed by atoms with Crippen LogP contribution in [0.4, 0.5) is 0 Å². The molecule has 0 saturated carbocycles. The highest BCUT2D eigenvalue weighted by Crippen LogP contribution is 2.33. The van der Waals surface area contributed by atoms with E-state index in [-0.39, 0.29) is 12.1 Å². The van der Waals surface area contributed by atoms with E-state index < -0.39 is 0 Å². The highest BCUT2D eigenvalue weighted by Gasteiger charge is 2.32. The number of hydrogen-bond acceptors (Lipinski definition) is 3. The van der Waals surface area contributed by atoms with Crippen molar-refractivity contribution in [2.45, 2.75) is 44.9 Å². The van der Waals surface area contributed by atoms with Crippen molar-refractivity contribution in [3.8, 4) is 0 Å². The molecule has 1 N–H and O–H groups in total. The van der Waals surface area contributed by atoms with Crippen LogP contribution in [0.25, 0.3) is 0 Å². The monoisotopic (exact) mass is 301 g/mol. The number of hydrogen-bond donors (Lipinski definition) is 1. The van der Waals surface area contributed by atoms with Gasteiger partial charge in [0.05, 0.1) is 34.6 Å². The molecular formula is C12H20BrN3O. The molecule has 0 spiro atoms. The van der Waals surface area contributed by atoms with Gasteiger partial charge in [-0.05, 0) is 42.2 Å². The molecule has 1 saturated heterocycles. The first-order chi connectivity index (χ1) is 8.13. The summed E-state index contributed by atoms with van der Waals surface area (Å²) in [5.74, 6) is 0. The maximum Gasteiger partial charge on any atom is 0.0790 e. The van der Waals surface area contributed by atoms with Gasteiger partial charge in [-0.1, -0.05) is 6.92 Å². The molecule has 1 aliphatic heterocycles. The number of nitrogens with zero attached hydrogens (tertiary/aromatic N) is 2. The highest BCUT2D eigenvalue weighted by molar-refractivity contribution is 9.10. The Morgan fingerprint density at radius 1 is 1.65 bits per heavy atom. The van der Waals surface area contributed by atoms with Gasteiger partial charge in [0.2, 0.25) is 0 Å². The molecule has 1 aromatic heterocycles. The van der Waals surface area contributed by atoms with Gasteiger partial charge in [0.15, 0.2) is 0 Å². The fourth-order valence-electron chi connectivity index (χ4n) is 2.47. The summed E-state index contributed by atoms with van der Waals surface area (Å²) in [6.45, 7) is 5.19. The van der Waals surface area contributed by atoms with Crippen molar-refractivity contribution in [2.24, 2.45) is 7.05 Å². The molecule has 3 unspecified atom stereocenters. The van der Waals surface area contributed by atoms with Gasteiger partial charge in [-0.25, -0.2) is 0 Å². The van der Waals surface area contributed by atoms with Crippen molar-refractivity contribution >= 4 is 15.9 Å². The van der Waals surface area contributed by atoms with Crippen LogP contribution >= 0.6 is 15.9 Å². The number of halogens is 1. The van der Waals surface area contributed by atoms with Crippen LogP contribution in [-0.4, -0.2) is 28.5 Å². The van der Waals surface area contributed by atoms with E-state index in [1.165, 1.54) is 5.69 Å². The van der Waals surface area contributed by atoms with Gasteiger partial charge in [0.1, 0.15) is 0 Å². The molecule has 17 heavy (non-hydrogen) atoms. The predicted octanol–water partition coefficient (Wildman–Crippen LogP) is 2.40. The fraction of sp³-hybridized carbons (Fsp3) is 0.750. The van der Waals surface area contributed by atoms with E-state index in [0.717, 1.165) is 23.9 Å². The van der Waals surface area contributed by atoms with Crippen LogP contribution in [0.3, 0.4) is 0 Å². The maximum atomic E-state index is 5.99. The molecule has 0 aliphatic carbocycles. The Morgan fingerprint density at radius 2 is 2.41 bits per heavy atom. The largest absolute Gasteiger partial charge is 0.373 e. The zero-order valence-electron chi connectivity index (χ0n) is 10.6. The van der Waals surface area contributed by atoms with E-state index in [1.807, 2.05) is 17.9 Å². The Morgan fingerprint density at radius 3 is 2.88 bits per heavy atom. The Labute approximate surface area is 111 Å². The zero-order valence-corrected chi connectivity index (χ0v) is 12.2. The van der Waals surface area contributed by atoms with Crippen LogP contribution in [0.5, 0.6) is 0 Å². The minimum absolute atomic E-state index is 0.215. The number of likely N-dealkylation sites (N-methyl/N-ethyl adjacent to an activating group) is 1. The second-order valence-corrected chi connectivity index (χ2v) is 5.45. The van der Waals surface area contributed by atoms with Crippen LogP contribution < -0.4 is 5.32 Å². The van der Waals surface area contributed by atoms with Crippen LogP contribution in [0.15, 0.2) is 10.7 Å². The van der Waals surface area contributed by atoms with Crippen molar-refractivity contribution in [1.82, 2.24) is 15.1 Å². The average Bonchev–Trinajstić information content (AvgIpc) is 2.84. The number of ether oxygens (including phenoxy) is 1. The van der Waals surface area contributed by atoms with E-state index in [9.17, 15) is 0 Å². The molecule has 1 fully saturated rings. The predicted molar refractivity (Wildman–Crippen MR) is 70.9 cm³/mol. The third-order valence-corrected chi connectivity index (χ3v) is 3.90. The SMILES string of the molecule is CCNC(c1c(Br)cnn1C)C1CCC(C)O1. The summed E-state index contributed by atoms with van der Waals surface area (Å²) in [5.41, 5.74) is 1.17. The van der Waals surface area contributed by atoms with Gasteiger partial charge in [-0.15, -0.1) is 0 Å². The molecule has 4 nitrogen and oxygen atoms in total. The molecule has 1 aromatic rings. The van der Waals surface area contributed by atoms with Gasteiger partial charge in [-0.2, -0.15) is 5.10 Å². The smallest absolute Gasteiger partial charge is 0.0790 e. The molecule has 5 heteroatoms. The van der Waals surface area contributed by atoms with Crippen LogP contribution in [0.2, 0.25) is 0 Å². The number of aromatic nitrogens is 2. The first-order valence-corrected chi connectivity index (χ1v) is 6.99. The number of nitrogens with one attached hydrogen (secondary N) is 1. The molecule has 96 valence electrons. The summed E-state index contributed by atoms with van der Waals surface area (Å²) < 4.78 is 8.96. The number of aryl methyl sites for hydroxylation is 1. The molecule has 0 amide bonds. The van der Waals surface area contributed by atoms with Gasteiger partial charge in [0, 0.05) is 7.05 Å².